The predicted octanol–water partition coefficient (Wildman–Crippen LogP) is 3.08. The molecule has 0 radical (unpaired) electrons. The van der Waals surface area contributed by atoms with Crippen LogP contribution in [0.25, 0.3) is 0 Å². The Bertz CT molecular complexity index is 756. The van der Waals surface area contributed by atoms with Gasteiger partial charge in [0, 0.05) is 31.7 Å². The van der Waals surface area contributed by atoms with Gasteiger partial charge in [0.25, 0.3) is 11.8 Å². The lowest BCUT2D eigenvalue weighted by Crippen LogP contribution is -2.50. The van der Waals surface area contributed by atoms with Crippen LogP contribution < -0.4 is 0 Å². The van der Waals surface area contributed by atoms with Crippen LogP contribution in [0, 0.1) is 5.82 Å². The van der Waals surface area contributed by atoms with Crippen molar-refractivity contribution in [3.05, 3.63) is 70.5 Å². The molecular formula is C18H16ClFN2O2. The molecule has 1 heterocycles. The standard InChI is InChI=1S/C18H16ClFN2O2/c19-16-4-2-1-3-15(16)18(24)22-11-9-21(10-12-22)17(23)13-5-7-14(20)8-6-13/h1-8H,9-12H2. The van der Waals surface area contributed by atoms with Crippen molar-refractivity contribution in [3.8, 4) is 0 Å². The third-order valence-electron chi connectivity index (χ3n) is 4.05. The average Bonchev–Trinajstić information content (AvgIpc) is 2.62. The van der Waals surface area contributed by atoms with Crippen molar-refractivity contribution in [2.45, 2.75) is 0 Å². The van der Waals surface area contributed by atoms with Gasteiger partial charge in [0.1, 0.15) is 5.82 Å². The first-order valence-corrected chi connectivity index (χ1v) is 8.03. The zero-order valence-electron chi connectivity index (χ0n) is 12.9. The van der Waals surface area contributed by atoms with Crippen molar-refractivity contribution in [3.63, 3.8) is 0 Å². The number of benzene rings is 2. The Kier molecular flexibility index (Phi) is 4.81. The highest BCUT2D eigenvalue weighted by Crippen LogP contribution is 2.18. The molecule has 2 amide bonds. The predicted molar refractivity (Wildman–Crippen MR) is 89.7 cm³/mol. The molecule has 1 aliphatic rings. The van der Waals surface area contributed by atoms with Gasteiger partial charge in [-0.05, 0) is 36.4 Å². The molecule has 0 N–H and O–H groups in total. The molecule has 0 saturated carbocycles. The summed E-state index contributed by atoms with van der Waals surface area (Å²) < 4.78 is 12.9. The van der Waals surface area contributed by atoms with E-state index in [2.05, 4.69) is 0 Å². The molecule has 0 atom stereocenters. The van der Waals surface area contributed by atoms with Gasteiger partial charge in [-0.15, -0.1) is 0 Å². The first-order valence-electron chi connectivity index (χ1n) is 7.65. The summed E-state index contributed by atoms with van der Waals surface area (Å²) in [5.41, 5.74) is 0.916. The van der Waals surface area contributed by atoms with Crippen molar-refractivity contribution in [2.75, 3.05) is 26.2 Å². The number of carbonyl (C=O) groups is 2. The van der Waals surface area contributed by atoms with E-state index in [1.807, 2.05) is 0 Å². The largest absolute Gasteiger partial charge is 0.335 e. The number of carbonyl (C=O) groups excluding carboxylic acids is 2. The van der Waals surface area contributed by atoms with Gasteiger partial charge in [0.15, 0.2) is 0 Å². The quantitative estimate of drug-likeness (QED) is 0.838. The SMILES string of the molecule is O=C(c1ccc(F)cc1)N1CCN(C(=O)c2ccccc2Cl)CC1. The van der Waals surface area contributed by atoms with Gasteiger partial charge in [-0.2, -0.15) is 0 Å². The summed E-state index contributed by atoms with van der Waals surface area (Å²) in [6.07, 6.45) is 0. The molecule has 24 heavy (non-hydrogen) atoms. The first kappa shape index (κ1) is 16.5. The van der Waals surface area contributed by atoms with E-state index < -0.39 is 0 Å². The van der Waals surface area contributed by atoms with Crippen LogP contribution >= 0.6 is 11.6 Å². The maximum atomic E-state index is 12.9. The number of piperazine rings is 1. The fourth-order valence-corrected chi connectivity index (χ4v) is 2.91. The third kappa shape index (κ3) is 3.41. The molecule has 0 unspecified atom stereocenters. The summed E-state index contributed by atoms with van der Waals surface area (Å²) in [4.78, 5) is 28.3. The fraction of sp³-hybridized carbons (Fsp3) is 0.222. The number of amides is 2. The molecule has 0 aliphatic carbocycles. The van der Waals surface area contributed by atoms with E-state index in [0.717, 1.165) is 0 Å². The number of hydrogen-bond acceptors (Lipinski definition) is 2. The molecule has 1 aliphatic heterocycles. The maximum absolute atomic E-state index is 12.9. The summed E-state index contributed by atoms with van der Waals surface area (Å²) in [6.45, 7) is 1.76. The molecule has 0 spiro atoms. The Morgan fingerprint density at radius 2 is 1.38 bits per heavy atom. The highest BCUT2D eigenvalue weighted by atomic mass is 35.5. The van der Waals surface area contributed by atoms with E-state index in [-0.39, 0.29) is 17.6 Å². The van der Waals surface area contributed by atoms with Crippen LogP contribution in [-0.4, -0.2) is 47.8 Å². The summed E-state index contributed by atoms with van der Waals surface area (Å²) >= 11 is 6.07. The van der Waals surface area contributed by atoms with Gasteiger partial charge in [-0.1, -0.05) is 23.7 Å². The Morgan fingerprint density at radius 3 is 1.96 bits per heavy atom. The Hall–Kier alpha value is -2.40. The second-order valence-corrected chi connectivity index (χ2v) is 5.98. The number of halogens is 2. The van der Waals surface area contributed by atoms with E-state index >= 15 is 0 Å². The molecule has 1 fully saturated rings. The Labute approximate surface area is 144 Å². The number of nitrogens with zero attached hydrogens (tertiary/aromatic N) is 2. The lowest BCUT2D eigenvalue weighted by atomic mass is 10.1. The molecule has 0 bridgehead atoms. The van der Waals surface area contributed by atoms with Gasteiger partial charge in [-0.3, -0.25) is 9.59 Å². The van der Waals surface area contributed by atoms with Gasteiger partial charge in [-0.25, -0.2) is 4.39 Å². The van der Waals surface area contributed by atoms with E-state index in [1.54, 1.807) is 34.1 Å². The highest BCUT2D eigenvalue weighted by Gasteiger charge is 2.26. The normalized spacial score (nSPS) is 14.6. The fourth-order valence-electron chi connectivity index (χ4n) is 2.69. The minimum atomic E-state index is -0.373. The lowest BCUT2D eigenvalue weighted by Gasteiger charge is -2.35. The van der Waals surface area contributed by atoms with Crippen molar-refractivity contribution in [1.82, 2.24) is 9.80 Å². The maximum Gasteiger partial charge on any atom is 0.255 e. The van der Waals surface area contributed by atoms with Crippen LogP contribution in [0.3, 0.4) is 0 Å². The van der Waals surface area contributed by atoms with Gasteiger partial charge in [0.2, 0.25) is 0 Å². The van der Waals surface area contributed by atoms with E-state index in [4.69, 9.17) is 11.6 Å². The van der Waals surface area contributed by atoms with Crippen LogP contribution in [0.1, 0.15) is 20.7 Å². The van der Waals surface area contributed by atoms with E-state index in [9.17, 15) is 14.0 Å². The van der Waals surface area contributed by atoms with Gasteiger partial charge in [0.05, 0.1) is 10.6 Å². The molecule has 3 rings (SSSR count). The van der Waals surface area contributed by atoms with Gasteiger partial charge < -0.3 is 9.80 Å². The Balaban J connectivity index is 1.63. The van der Waals surface area contributed by atoms with Gasteiger partial charge >= 0.3 is 0 Å². The van der Waals surface area contributed by atoms with Crippen LogP contribution in [-0.2, 0) is 0 Å². The zero-order valence-corrected chi connectivity index (χ0v) is 13.7. The molecular weight excluding hydrogens is 331 g/mol. The molecule has 6 heteroatoms. The Morgan fingerprint density at radius 1 is 0.833 bits per heavy atom. The molecule has 2 aromatic rings. The van der Waals surface area contributed by atoms with E-state index in [1.165, 1.54) is 24.3 Å². The van der Waals surface area contributed by atoms with Crippen molar-refractivity contribution in [1.29, 1.82) is 0 Å². The first-order chi connectivity index (χ1) is 11.6. The van der Waals surface area contributed by atoms with Crippen LogP contribution in [0.15, 0.2) is 48.5 Å². The lowest BCUT2D eigenvalue weighted by molar-refractivity contribution is 0.0535. The van der Waals surface area contributed by atoms with Crippen LogP contribution in [0.4, 0.5) is 4.39 Å². The van der Waals surface area contributed by atoms with Crippen molar-refractivity contribution < 1.29 is 14.0 Å². The molecule has 0 aromatic heterocycles. The number of hydrogen-bond donors (Lipinski definition) is 0. The smallest absolute Gasteiger partial charge is 0.255 e. The molecule has 4 nitrogen and oxygen atoms in total. The van der Waals surface area contributed by atoms with Crippen molar-refractivity contribution in [2.24, 2.45) is 0 Å². The minimum absolute atomic E-state index is 0.130. The summed E-state index contributed by atoms with van der Waals surface area (Å²) in [5, 5.41) is 0.423. The topological polar surface area (TPSA) is 40.6 Å². The average molecular weight is 347 g/mol. The summed E-state index contributed by atoms with van der Waals surface area (Å²) in [7, 11) is 0. The monoisotopic (exact) mass is 346 g/mol. The second-order valence-electron chi connectivity index (χ2n) is 5.57. The zero-order chi connectivity index (χ0) is 17.1. The van der Waals surface area contributed by atoms with Crippen LogP contribution in [0.2, 0.25) is 5.02 Å². The summed E-state index contributed by atoms with van der Waals surface area (Å²) in [6, 6.07) is 12.4. The molecule has 1 saturated heterocycles. The molecule has 2 aromatic carbocycles. The van der Waals surface area contributed by atoms with Crippen LogP contribution in [0.5, 0.6) is 0 Å². The van der Waals surface area contributed by atoms with E-state index in [0.29, 0.717) is 42.3 Å². The third-order valence-corrected chi connectivity index (χ3v) is 4.38. The molecule has 124 valence electrons. The minimum Gasteiger partial charge on any atom is -0.335 e. The second kappa shape index (κ2) is 7.01. The summed E-state index contributed by atoms with van der Waals surface area (Å²) in [5.74, 6) is -0.656. The van der Waals surface area contributed by atoms with Crippen molar-refractivity contribution >= 4 is 23.4 Å². The number of rotatable bonds is 2. The highest BCUT2D eigenvalue weighted by molar-refractivity contribution is 6.33.